The molecule has 1 aromatic rings. The van der Waals surface area contributed by atoms with Crippen LogP contribution in [0.25, 0.3) is 0 Å². The van der Waals surface area contributed by atoms with Gasteiger partial charge in [0.25, 0.3) is 0 Å². The van der Waals surface area contributed by atoms with Gasteiger partial charge in [0.2, 0.25) is 5.95 Å². The number of hydrogen-bond donors (Lipinski definition) is 1. The largest absolute Gasteiger partial charge is 0.369 e. The van der Waals surface area contributed by atoms with E-state index in [0.717, 1.165) is 24.5 Å². The van der Waals surface area contributed by atoms with E-state index in [-0.39, 0.29) is 0 Å². The second kappa shape index (κ2) is 3.25. The van der Waals surface area contributed by atoms with Crippen LogP contribution in [-0.4, -0.2) is 29.0 Å². The quantitative estimate of drug-likeness (QED) is 0.690. The van der Waals surface area contributed by atoms with Crippen molar-refractivity contribution < 1.29 is 0 Å². The topological polar surface area (TPSA) is 67.4 Å². The first-order chi connectivity index (χ1) is 6.66. The van der Waals surface area contributed by atoms with Crippen molar-refractivity contribution in [2.45, 2.75) is 13.8 Å². The van der Waals surface area contributed by atoms with E-state index in [2.05, 4.69) is 15.0 Å². The van der Waals surface area contributed by atoms with Crippen LogP contribution >= 0.6 is 0 Å². The SMILES string of the molecule is Cc1cc(C)nc(N2CCN=C2N)n1. The highest BCUT2D eigenvalue weighted by Crippen LogP contribution is 2.11. The summed E-state index contributed by atoms with van der Waals surface area (Å²) >= 11 is 0. The van der Waals surface area contributed by atoms with Gasteiger partial charge in [-0.05, 0) is 19.9 Å². The van der Waals surface area contributed by atoms with Crippen molar-refractivity contribution in [3.8, 4) is 0 Å². The van der Waals surface area contributed by atoms with Crippen LogP contribution in [0.4, 0.5) is 5.95 Å². The third-order valence-electron chi connectivity index (χ3n) is 2.09. The standard InChI is InChI=1S/C9H13N5/c1-6-5-7(2)13-9(12-6)14-4-3-11-8(14)10/h5H,3-4H2,1-2H3,(H2,10,11). The van der Waals surface area contributed by atoms with Crippen molar-refractivity contribution in [1.82, 2.24) is 9.97 Å². The molecule has 0 aliphatic carbocycles. The molecular formula is C9H13N5. The normalized spacial score (nSPS) is 15.9. The molecule has 1 aromatic heterocycles. The predicted molar refractivity (Wildman–Crippen MR) is 55.3 cm³/mol. The van der Waals surface area contributed by atoms with Crippen LogP contribution in [0, 0.1) is 13.8 Å². The summed E-state index contributed by atoms with van der Waals surface area (Å²) in [5.74, 6) is 1.16. The van der Waals surface area contributed by atoms with E-state index in [1.165, 1.54) is 0 Å². The van der Waals surface area contributed by atoms with Gasteiger partial charge in [0, 0.05) is 17.9 Å². The Bertz CT molecular complexity index is 365. The van der Waals surface area contributed by atoms with Gasteiger partial charge in [-0.15, -0.1) is 0 Å². The number of anilines is 1. The number of hydrogen-bond acceptors (Lipinski definition) is 5. The molecule has 0 aromatic carbocycles. The first-order valence-electron chi connectivity index (χ1n) is 4.56. The van der Waals surface area contributed by atoms with Gasteiger partial charge >= 0.3 is 0 Å². The van der Waals surface area contributed by atoms with E-state index in [1.807, 2.05) is 24.8 Å². The zero-order valence-corrected chi connectivity index (χ0v) is 8.36. The van der Waals surface area contributed by atoms with Crippen molar-refractivity contribution in [2.24, 2.45) is 10.7 Å². The molecule has 74 valence electrons. The zero-order valence-electron chi connectivity index (χ0n) is 8.36. The molecule has 0 fully saturated rings. The van der Waals surface area contributed by atoms with E-state index >= 15 is 0 Å². The molecule has 0 saturated carbocycles. The molecule has 2 rings (SSSR count). The molecule has 5 nitrogen and oxygen atoms in total. The van der Waals surface area contributed by atoms with Crippen LogP contribution in [0.15, 0.2) is 11.1 Å². The summed E-state index contributed by atoms with van der Waals surface area (Å²) in [5.41, 5.74) is 7.61. The highest BCUT2D eigenvalue weighted by Gasteiger charge is 2.18. The molecule has 0 unspecified atom stereocenters. The second-order valence-electron chi connectivity index (χ2n) is 3.34. The summed E-state index contributed by atoms with van der Waals surface area (Å²) < 4.78 is 0. The van der Waals surface area contributed by atoms with Gasteiger partial charge in [-0.3, -0.25) is 9.89 Å². The Balaban J connectivity index is 2.36. The zero-order chi connectivity index (χ0) is 10.1. The molecule has 1 aliphatic heterocycles. The third-order valence-corrected chi connectivity index (χ3v) is 2.09. The maximum Gasteiger partial charge on any atom is 0.232 e. The minimum absolute atomic E-state index is 0.509. The van der Waals surface area contributed by atoms with E-state index in [1.54, 1.807) is 0 Å². The number of nitrogens with two attached hydrogens (primary N) is 1. The average Bonchev–Trinajstić information content (AvgIpc) is 2.49. The van der Waals surface area contributed by atoms with Crippen molar-refractivity contribution in [1.29, 1.82) is 0 Å². The lowest BCUT2D eigenvalue weighted by molar-refractivity contribution is 0.937. The lowest BCUT2D eigenvalue weighted by Gasteiger charge is -2.15. The van der Waals surface area contributed by atoms with Crippen LogP contribution in [0.1, 0.15) is 11.4 Å². The summed E-state index contributed by atoms with van der Waals surface area (Å²) in [6.45, 7) is 5.39. The lowest BCUT2D eigenvalue weighted by atomic mass is 10.3. The maximum absolute atomic E-state index is 5.71. The van der Waals surface area contributed by atoms with E-state index in [9.17, 15) is 0 Å². The summed E-state index contributed by atoms with van der Waals surface area (Å²) in [6, 6.07) is 1.94. The Morgan fingerprint density at radius 1 is 1.29 bits per heavy atom. The van der Waals surface area contributed by atoms with Gasteiger partial charge in [-0.1, -0.05) is 0 Å². The Hall–Kier alpha value is -1.65. The number of aromatic nitrogens is 2. The smallest absolute Gasteiger partial charge is 0.232 e. The molecule has 14 heavy (non-hydrogen) atoms. The Kier molecular flexibility index (Phi) is 2.07. The second-order valence-corrected chi connectivity index (χ2v) is 3.34. The molecular weight excluding hydrogens is 178 g/mol. The number of aliphatic imine (C=N–C) groups is 1. The fourth-order valence-electron chi connectivity index (χ4n) is 1.49. The number of rotatable bonds is 1. The van der Waals surface area contributed by atoms with E-state index < -0.39 is 0 Å². The monoisotopic (exact) mass is 191 g/mol. The highest BCUT2D eigenvalue weighted by molar-refractivity contribution is 5.94. The van der Waals surface area contributed by atoms with Crippen molar-refractivity contribution in [3.05, 3.63) is 17.5 Å². The van der Waals surface area contributed by atoms with Crippen molar-refractivity contribution in [3.63, 3.8) is 0 Å². The van der Waals surface area contributed by atoms with Crippen LogP contribution in [-0.2, 0) is 0 Å². The first kappa shape index (κ1) is 8.93. The molecule has 0 saturated heterocycles. The maximum atomic E-state index is 5.71. The van der Waals surface area contributed by atoms with E-state index in [0.29, 0.717) is 11.9 Å². The van der Waals surface area contributed by atoms with Gasteiger partial charge in [-0.25, -0.2) is 9.97 Å². The number of guanidine groups is 1. The molecule has 0 amide bonds. The Labute approximate surface area is 82.7 Å². The molecule has 0 radical (unpaired) electrons. The minimum atomic E-state index is 0.509. The fraction of sp³-hybridized carbons (Fsp3) is 0.444. The van der Waals surface area contributed by atoms with Crippen LogP contribution in [0.5, 0.6) is 0 Å². The molecule has 0 atom stereocenters. The summed E-state index contributed by atoms with van der Waals surface area (Å²) in [4.78, 5) is 14.6. The van der Waals surface area contributed by atoms with Gasteiger partial charge in [0.05, 0.1) is 6.54 Å². The van der Waals surface area contributed by atoms with Crippen molar-refractivity contribution >= 4 is 11.9 Å². The number of aryl methyl sites for hydroxylation is 2. The minimum Gasteiger partial charge on any atom is -0.369 e. The first-order valence-corrected chi connectivity index (χ1v) is 4.56. The molecule has 5 heteroatoms. The van der Waals surface area contributed by atoms with Gasteiger partial charge in [0.1, 0.15) is 0 Å². The predicted octanol–water partition coefficient (Wildman–Crippen LogP) is 0.228. The number of nitrogens with zero attached hydrogens (tertiary/aromatic N) is 4. The fourth-order valence-corrected chi connectivity index (χ4v) is 1.49. The molecule has 2 heterocycles. The summed E-state index contributed by atoms with van der Waals surface area (Å²) in [7, 11) is 0. The summed E-state index contributed by atoms with van der Waals surface area (Å²) in [6.07, 6.45) is 0. The van der Waals surface area contributed by atoms with Gasteiger partial charge < -0.3 is 5.73 Å². The average molecular weight is 191 g/mol. The Morgan fingerprint density at radius 3 is 2.43 bits per heavy atom. The molecule has 1 aliphatic rings. The van der Waals surface area contributed by atoms with Crippen LogP contribution in [0.3, 0.4) is 0 Å². The Morgan fingerprint density at radius 2 is 1.93 bits per heavy atom. The molecule has 2 N–H and O–H groups in total. The molecule has 0 bridgehead atoms. The van der Waals surface area contributed by atoms with Crippen LogP contribution < -0.4 is 10.6 Å². The van der Waals surface area contributed by atoms with E-state index in [4.69, 9.17) is 5.73 Å². The molecule has 0 spiro atoms. The third kappa shape index (κ3) is 1.53. The van der Waals surface area contributed by atoms with Gasteiger partial charge in [-0.2, -0.15) is 0 Å². The van der Waals surface area contributed by atoms with Gasteiger partial charge in [0.15, 0.2) is 5.96 Å². The summed E-state index contributed by atoms with van der Waals surface area (Å²) in [5, 5.41) is 0. The lowest BCUT2D eigenvalue weighted by Crippen LogP contribution is -2.35. The van der Waals surface area contributed by atoms with Crippen LogP contribution in [0.2, 0.25) is 0 Å². The highest BCUT2D eigenvalue weighted by atomic mass is 15.4. The van der Waals surface area contributed by atoms with Crippen molar-refractivity contribution in [2.75, 3.05) is 18.0 Å².